The fourth-order valence-electron chi connectivity index (χ4n) is 3.27. The van der Waals surface area contributed by atoms with Gasteiger partial charge in [0.1, 0.15) is 5.75 Å². The topological polar surface area (TPSA) is 97.9 Å². The SMILES string of the molecule is COc1cc(OC)c(C2NC(=O)NC(C)=C2C(=O)Nc2cccc(Cl)c2)cc1OC. The van der Waals surface area contributed by atoms with Gasteiger partial charge in [-0.25, -0.2) is 4.79 Å². The van der Waals surface area contributed by atoms with E-state index in [1.165, 1.54) is 21.3 Å². The first kappa shape index (κ1) is 21.3. The number of urea groups is 1. The molecule has 0 spiro atoms. The summed E-state index contributed by atoms with van der Waals surface area (Å²) in [4.78, 5) is 25.4. The second kappa shape index (κ2) is 8.96. The van der Waals surface area contributed by atoms with Gasteiger partial charge in [0, 0.05) is 28.0 Å². The number of carbonyl (C=O) groups is 2. The first-order valence-corrected chi connectivity index (χ1v) is 9.40. The van der Waals surface area contributed by atoms with Crippen LogP contribution in [0.3, 0.4) is 0 Å². The Kier molecular flexibility index (Phi) is 6.37. The van der Waals surface area contributed by atoms with Gasteiger partial charge in [0.25, 0.3) is 5.91 Å². The minimum Gasteiger partial charge on any atom is -0.496 e. The lowest BCUT2D eigenvalue weighted by atomic mass is 9.93. The highest BCUT2D eigenvalue weighted by Gasteiger charge is 2.34. The van der Waals surface area contributed by atoms with Crippen molar-refractivity contribution in [1.29, 1.82) is 0 Å². The number of carbonyl (C=O) groups excluding carboxylic acids is 2. The van der Waals surface area contributed by atoms with E-state index in [-0.39, 0.29) is 0 Å². The van der Waals surface area contributed by atoms with Crippen molar-refractivity contribution in [2.24, 2.45) is 0 Å². The molecular formula is C21H22ClN3O5. The Labute approximate surface area is 179 Å². The summed E-state index contributed by atoms with van der Waals surface area (Å²) in [6.07, 6.45) is 0. The number of amides is 3. The molecule has 3 rings (SSSR count). The van der Waals surface area contributed by atoms with E-state index < -0.39 is 18.0 Å². The molecular weight excluding hydrogens is 410 g/mol. The third-order valence-corrected chi connectivity index (χ3v) is 4.88. The van der Waals surface area contributed by atoms with E-state index in [1.54, 1.807) is 43.3 Å². The number of methoxy groups -OCH3 is 3. The van der Waals surface area contributed by atoms with Gasteiger partial charge < -0.3 is 30.2 Å². The van der Waals surface area contributed by atoms with Gasteiger partial charge in [0.15, 0.2) is 11.5 Å². The maximum Gasteiger partial charge on any atom is 0.319 e. The van der Waals surface area contributed by atoms with Gasteiger partial charge in [-0.3, -0.25) is 4.79 Å². The molecule has 1 heterocycles. The zero-order valence-corrected chi connectivity index (χ0v) is 17.7. The molecule has 0 saturated heterocycles. The highest BCUT2D eigenvalue weighted by molar-refractivity contribution is 6.31. The number of hydrogen-bond donors (Lipinski definition) is 3. The van der Waals surface area contributed by atoms with E-state index in [2.05, 4.69) is 16.0 Å². The van der Waals surface area contributed by atoms with Crippen molar-refractivity contribution in [2.75, 3.05) is 26.6 Å². The Morgan fingerprint density at radius 1 is 1.03 bits per heavy atom. The predicted molar refractivity (Wildman–Crippen MR) is 113 cm³/mol. The summed E-state index contributed by atoms with van der Waals surface area (Å²) in [5.74, 6) is 0.933. The molecule has 30 heavy (non-hydrogen) atoms. The van der Waals surface area contributed by atoms with Crippen molar-refractivity contribution in [3.05, 3.63) is 58.3 Å². The molecule has 2 aromatic rings. The highest BCUT2D eigenvalue weighted by atomic mass is 35.5. The van der Waals surface area contributed by atoms with Crippen molar-refractivity contribution < 1.29 is 23.8 Å². The van der Waals surface area contributed by atoms with Gasteiger partial charge >= 0.3 is 6.03 Å². The highest BCUT2D eigenvalue weighted by Crippen LogP contribution is 2.40. The number of nitrogens with one attached hydrogen (secondary N) is 3. The summed E-state index contributed by atoms with van der Waals surface area (Å²) in [5.41, 5.74) is 1.81. The average Bonchev–Trinajstić information content (AvgIpc) is 2.71. The molecule has 0 radical (unpaired) electrons. The first-order valence-electron chi connectivity index (χ1n) is 9.03. The van der Waals surface area contributed by atoms with Crippen LogP contribution in [-0.4, -0.2) is 33.3 Å². The number of allylic oxidation sites excluding steroid dienone is 1. The van der Waals surface area contributed by atoms with Crippen molar-refractivity contribution >= 4 is 29.2 Å². The van der Waals surface area contributed by atoms with Gasteiger partial charge in [-0.2, -0.15) is 0 Å². The maximum atomic E-state index is 13.2. The summed E-state index contributed by atoms with van der Waals surface area (Å²) in [6.45, 7) is 1.66. The zero-order chi connectivity index (χ0) is 21.8. The van der Waals surface area contributed by atoms with Crippen LogP contribution in [0.2, 0.25) is 5.02 Å². The second-order valence-electron chi connectivity index (χ2n) is 6.48. The Bertz CT molecular complexity index is 1020. The van der Waals surface area contributed by atoms with Crippen molar-refractivity contribution in [3.8, 4) is 17.2 Å². The fourth-order valence-corrected chi connectivity index (χ4v) is 3.46. The van der Waals surface area contributed by atoms with Crippen molar-refractivity contribution in [3.63, 3.8) is 0 Å². The van der Waals surface area contributed by atoms with Gasteiger partial charge in [-0.15, -0.1) is 0 Å². The lowest BCUT2D eigenvalue weighted by Crippen LogP contribution is -2.46. The number of hydrogen-bond acceptors (Lipinski definition) is 5. The largest absolute Gasteiger partial charge is 0.496 e. The van der Waals surface area contributed by atoms with Crippen molar-refractivity contribution in [1.82, 2.24) is 10.6 Å². The molecule has 1 atom stereocenters. The van der Waals surface area contributed by atoms with E-state index in [4.69, 9.17) is 25.8 Å². The van der Waals surface area contributed by atoms with Crippen LogP contribution in [-0.2, 0) is 4.79 Å². The summed E-state index contributed by atoms with van der Waals surface area (Å²) in [7, 11) is 4.51. The average molecular weight is 432 g/mol. The Morgan fingerprint density at radius 3 is 2.33 bits per heavy atom. The van der Waals surface area contributed by atoms with E-state index in [1.807, 2.05) is 0 Å². The third-order valence-electron chi connectivity index (χ3n) is 4.64. The number of halogens is 1. The number of ether oxygens (including phenoxy) is 3. The Morgan fingerprint density at radius 2 is 1.70 bits per heavy atom. The van der Waals surface area contributed by atoms with Gasteiger partial charge in [0.05, 0.1) is 32.9 Å². The monoisotopic (exact) mass is 431 g/mol. The number of benzene rings is 2. The van der Waals surface area contributed by atoms with Gasteiger partial charge in [-0.05, 0) is 31.2 Å². The standard InChI is InChI=1S/C21H22ClN3O5/c1-11-18(20(26)24-13-7-5-6-12(22)8-13)19(25-21(27)23-11)14-9-16(29-3)17(30-4)10-15(14)28-2/h5-10,19H,1-4H3,(H,24,26)(H2,23,25,27). The smallest absolute Gasteiger partial charge is 0.319 e. The van der Waals surface area contributed by atoms with E-state index in [0.717, 1.165) is 0 Å². The second-order valence-corrected chi connectivity index (χ2v) is 6.92. The van der Waals surface area contributed by atoms with Crippen LogP contribution in [0.25, 0.3) is 0 Å². The van der Waals surface area contributed by atoms with Crippen molar-refractivity contribution in [2.45, 2.75) is 13.0 Å². The van der Waals surface area contributed by atoms with Crippen LogP contribution in [0.1, 0.15) is 18.5 Å². The molecule has 9 heteroatoms. The molecule has 8 nitrogen and oxygen atoms in total. The quantitative estimate of drug-likeness (QED) is 0.648. The van der Waals surface area contributed by atoms with Crippen LogP contribution in [0.15, 0.2) is 47.7 Å². The van der Waals surface area contributed by atoms with Crippen LogP contribution in [0.4, 0.5) is 10.5 Å². The minimum atomic E-state index is -0.785. The maximum absolute atomic E-state index is 13.2. The Hall–Kier alpha value is -3.39. The molecule has 3 N–H and O–H groups in total. The number of anilines is 1. The van der Waals surface area contributed by atoms with E-state index in [0.29, 0.717) is 44.8 Å². The van der Waals surface area contributed by atoms with Crippen LogP contribution in [0.5, 0.6) is 17.2 Å². The van der Waals surface area contributed by atoms with Gasteiger partial charge in [0.2, 0.25) is 0 Å². The third kappa shape index (κ3) is 4.28. The minimum absolute atomic E-state index is 0.320. The fraction of sp³-hybridized carbons (Fsp3) is 0.238. The molecule has 1 unspecified atom stereocenters. The van der Waals surface area contributed by atoms with E-state index >= 15 is 0 Å². The van der Waals surface area contributed by atoms with Crippen LogP contribution >= 0.6 is 11.6 Å². The molecule has 1 aliphatic rings. The molecule has 2 aromatic carbocycles. The van der Waals surface area contributed by atoms with Crippen LogP contribution in [0, 0.1) is 0 Å². The lowest BCUT2D eigenvalue weighted by Gasteiger charge is -2.30. The molecule has 0 saturated carbocycles. The molecule has 0 fully saturated rings. The van der Waals surface area contributed by atoms with Gasteiger partial charge in [-0.1, -0.05) is 17.7 Å². The summed E-state index contributed by atoms with van der Waals surface area (Å²) < 4.78 is 16.2. The summed E-state index contributed by atoms with van der Waals surface area (Å²) in [5, 5.41) is 8.73. The molecule has 3 amide bonds. The zero-order valence-electron chi connectivity index (χ0n) is 17.0. The molecule has 0 aliphatic carbocycles. The Balaban J connectivity index is 2.07. The summed E-state index contributed by atoms with van der Waals surface area (Å²) >= 11 is 6.01. The first-order chi connectivity index (χ1) is 14.4. The normalized spacial score (nSPS) is 15.8. The number of rotatable bonds is 6. The lowest BCUT2D eigenvalue weighted by molar-refractivity contribution is -0.113. The predicted octanol–water partition coefficient (Wildman–Crippen LogP) is 3.63. The summed E-state index contributed by atoms with van der Waals surface area (Å²) in [6, 6.07) is 8.90. The molecule has 158 valence electrons. The molecule has 0 aromatic heterocycles. The molecule has 1 aliphatic heterocycles. The molecule has 0 bridgehead atoms. The van der Waals surface area contributed by atoms with E-state index in [9.17, 15) is 9.59 Å². The van der Waals surface area contributed by atoms with Crippen LogP contribution < -0.4 is 30.2 Å².